The molecule has 3 rings (SSSR count). The molecule has 0 saturated carbocycles. The number of hydrogen-bond acceptors (Lipinski definition) is 5. The summed E-state index contributed by atoms with van der Waals surface area (Å²) in [6.07, 6.45) is 1.99. The van der Waals surface area contributed by atoms with Gasteiger partial charge in [0.15, 0.2) is 5.16 Å². The molecule has 1 amide bonds. The molecule has 0 radical (unpaired) electrons. The zero-order chi connectivity index (χ0) is 19.2. The van der Waals surface area contributed by atoms with Crippen molar-refractivity contribution in [2.45, 2.75) is 50.5 Å². The van der Waals surface area contributed by atoms with Crippen LogP contribution in [0.3, 0.4) is 0 Å². The van der Waals surface area contributed by atoms with Gasteiger partial charge in [0.1, 0.15) is 0 Å². The molecule has 146 valence electrons. The van der Waals surface area contributed by atoms with Crippen molar-refractivity contribution < 1.29 is 9.53 Å². The molecule has 1 saturated heterocycles. The second-order valence-corrected chi connectivity index (χ2v) is 7.99. The van der Waals surface area contributed by atoms with E-state index in [1.165, 1.54) is 11.8 Å². The molecule has 1 aromatic heterocycles. The van der Waals surface area contributed by atoms with Crippen LogP contribution in [-0.4, -0.2) is 39.1 Å². The highest BCUT2D eigenvalue weighted by atomic mass is 32.2. The van der Waals surface area contributed by atoms with E-state index >= 15 is 0 Å². The molecule has 2 unspecified atom stereocenters. The number of aromatic nitrogens is 3. The first-order valence-electron chi connectivity index (χ1n) is 9.28. The molecular weight excluding hydrogens is 364 g/mol. The predicted octanol–water partition coefficient (Wildman–Crippen LogP) is 2.36. The van der Waals surface area contributed by atoms with E-state index in [-0.39, 0.29) is 35.4 Å². The molecule has 1 aliphatic heterocycles. The highest BCUT2D eigenvalue weighted by Crippen LogP contribution is 2.22. The maximum absolute atomic E-state index is 12.5. The molecule has 2 N–H and O–H groups in total. The number of nitrogens with zero attached hydrogens (tertiary/aromatic N) is 2. The number of rotatable bonds is 8. The molecule has 1 aliphatic rings. The van der Waals surface area contributed by atoms with Crippen molar-refractivity contribution in [1.82, 2.24) is 20.1 Å². The van der Waals surface area contributed by atoms with E-state index in [1.807, 2.05) is 30.3 Å². The Morgan fingerprint density at radius 2 is 2.19 bits per heavy atom. The molecule has 1 fully saturated rings. The summed E-state index contributed by atoms with van der Waals surface area (Å²) in [7, 11) is 0. The molecule has 2 aromatic rings. The summed E-state index contributed by atoms with van der Waals surface area (Å²) in [5.41, 5.74) is 0.818. The average Bonchev–Trinajstić information content (AvgIpc) is 3.30. The minimum absolute atomic E-state index is 0.0388. The number of carbonyl (C=O) groups is 1. The number of ether oxygens (including phenoxy) is 1. The average molecular weight is 391 g/mol. The van der Waals surface area contributed by atoms with Crippen LogP contribution in [-0.2, 0) is 16.1 Å². The number of hydrogen-bond donors (Lipinski definition) is 2. The zero-order valence-electron chi connectivity index (χ0n) is 15.7. The summed E-state index contributed by atoms with van der Waals surface area (Å²) < 4.78 is 7.16. The van der Waals surface area contributed by atoms with Crippen molar-refractivity contribution in [3.05, 3.63) is 46.4 Å². The molecule has 0 aliphatic carbocycles. The summed E-state index contributed by atoms with van der Waals surface area (Å²) in [6, 6.07) is 9.89. The first-order valence-corrected chi connectivity index (χ1v) is 10.3. The minimum atomic E-state index is -0.266. The Morgan fingerprint density at radius 1 is 1.41 bits per heavy atom. The topological polar surface area (TPSA) is 89.0 Å². The van der Waals surface area contributed by atoms with Crippen molar-refractivity contribution in [3.8, 4) is 0 Å². The van der Waals surface area contributed by atoms with E-state index in [1.54, 1.807) is 4.57 Å². The number of H-pyrrole nitrogens is 1. The lowest BCUT2D eigenvalue weighted by Gasteiger charge is -2.22. The smallest absolute Gasteiger partial charge is 0.344 e. The summed E-state index contributed by atoms with van der Waals surface area (Å²) >= 11 is 1.26. The Hall–Kier alpha value is -2.06. The van der Waals surface area contributed by atoms with E-state index in [0.29, 0.717) is 11.7 Å². The molecule has 2 heterocycles. The van der Waals surface area contributed by atoms with Crippen LogP contribution in [0.25, 0.3) is 0 Å². The van der Waals surface area contributed by atoms with Crippen molar-refractivity contribution in [2.24, 2.45) is 5.92 Å². The molecule has 2 atom stereocenters. The Labute approximate surface area is 162 Å². The van der Waals surface area contributed by atoms with Crippen LogP contribution in [0.15, 0.2) is 40.3 Å². The van der Waals surface area contributed by atoms with Gasteiger partial charge in [0.05, 0.1) is 24.4 Å². The minimum Gasteiger partial charge on any atom is -0.376 e. The van der Waals surface area contributed by atoms with Crippen LogP contribution in [0, 0.1) is 5.92 Å². The number of benzene rings is 1. The van der Waals surface area contributed by atoms with Gasteiger partial charge >= 0.3 is 5.69 Å². The lowest BCUT2D eigenvalue weighted by atomic mass is 9.96. The van der Waals surface area contributed by atoms with Gasteiger partial charge in [0.2, 0.25) is 5.91 Å². The van der Waals surface area contributed by atoms with E-state index in [0.717, 1.165) is 25.0 Å². The standard InChI is InChI=1S/C19H26N4O3S/c1-13(2)17(14-7-4-3-5-8-14)20-16(24)12-27-19-22-21-18(25)23(19)11-15-9-6-10-26-15/h3-5,7-8,13,15,17H,6,9-12H2,1-2H3,(H,20,24)(H,21,25). The third-order valence-corrected chi connectivity index (χ3v) is 5.58. The monoisotopic (exact) mass is 390 g/mol. The molecule has 27 heavy (non-hydrogen) atoms. The van der Waals surface area contributed by atoms with E-state index in [4.69, 9.17) is 4.74 Å². The van der Waals surface area contributed by atoms with Gasteiger partial charge in [0.25, 0.3) is 0 Å². The Kier molecular flexibility index (Phi) is 6.73. The highest BCUT2D eigenvalue weighted by Gasteiger charge is 2.21. The van der Waals surface area contributed by atoms with Gasteiger partial charge in [0, 0.05) is 6.61 Å². The van der Waals surface area contributed by atoms with Crippen LogP contribution >= 0.6 is 11.8 Å². The van der Waals surface area contributed by atoms with Crippen LogP contribution in [0.4, 0.5) is 0 Å². The molecule has 0 bridgehead atoms. The Bertz CT molecular complexity index is 797. The van der Waals surface area contributed by atoms with Gasteiger partial charge < -0.3 is 10.1 Å². The molecule has 1 aromatic carbocycles. The van der Waals surface area contributed by atoms with E-state index < -0.39 is 0 Å². The maximum Gasteiger partial charge on any atom is 0.344 e. The number of carbonyl (C=O) groups excluding carboxylic acids is 1. The lowest BCUT2D eigenvalue weighted by Crippen LogP contribution is -2.33. The van der Waals surface area contributed by atoms with Crippen molar-refractivity contribution in [1.29, 1.82) is 0 Å². The van der Waals surface area contributed by atoms with Crippen LogP contribution in [0.5, 0.6) is 0 Å². The van der Waals surface area contributed by atoms with Gasteiger partial charge in [-0.2, -0.15) is 0 Å². The predicted molar refractivity (Wildman–Crippen MR) is 105 cm³/mol. The van der Waals surface area contributed by atoms with Gasteiger partial charge in [-0.1, -0.05) is 55.9 Å². The van der Waals surface area contributed by atoms with Crippen LogP contribution in [0.1, 0.15) is 38.3 Å². The second-order valence-electron chi connectivity index (χ2n) is 7.05. The quantitative estimate of drug-likeness (QED) is 0.676. The Balaban J connectivity index is 1.59. The molecule has 7 nitrogen and oxygen atoms in total. The third kappa shape index (κ3) is 5.23. The van der Waals surface area contributed by atoms with Crippen molar-refractivity contribution in [3.63, 3.8) is 0 Å². The molecule has 0 spiro atoms. The van der Waals surface area contributed by atoms with Crippen LogP contribution in [0.2, 0.25) is 0 Å². The fourth-order valence-electron chi connectivity index (χ4n) is 3.21. The van der Waals surface area contributed by atoms with Crippen LogP contribution < -0.4 is 11.0 Å². The van der Waals surface area contributed by atoms with Gasteiger partial charge in [-0.3, -0.25) is 9.36 Å². The van der Waals surface area contributed by atoms with Gasteiger partial charge in [-0.25, -0.2) is 9.89 Å². The maximum atomic E-state index is 12.5. The second kappa shape index (κ2) is 9.23. The third-order valence-electron chi connectivity index (χ3n) is 4.61. The SMILES string of the molecule is CC(C)C(NC(=O)CSc1n[nH]c(=O)n1CC1CCCO1)c1ccccc1. The van der Waals surface area contributed by atoms with Crippen molar-refractivity contribution in [2.75, 3.05) is 12.4 Å². The Morgan fingerprint density at radius 3 is 2.85 bits per heavy atom. The summed E-state index contributed by atoms with van der Waals surface area (Å²) in [4.78, 5) is 24.5. The van der Waals surface area contributed by atoms with Crippen molar-refractivity contribution >= 4 is 17.7 Å². The lowest BCUT2D eigenvalue weighted by molar-refractivity contribution is -0.119. The van der Waals surface area contributed by atoms with E-state index in [9.17, 15) is 9.59 Å². The summed E-state index contributed by atoms with van der Waals surface area (Å²) in [5, 5.41) is 10.1. The number of aromatic amines is 1. The summed E-state index contributed by atoms with van der Waals surface area (Å²) in [6.45, 7) is 5.37. The zero-order valence-corrected chi connectivity index (χ0v) is 16.5. The first-order chi connectivity index (χ1) is 13.0. The largest absolute Gasteiger partial charge is 0.376 e. The van der Waals surface area contributed by atoms with Gasteiger partial charge in [-0.05, 0) is 24.3 Å². The van der Waals surface area contributed by atoms with E-state index in [2.05, 4.69) is 29.4 Å². The summed E-state index contributed by atoms with van der Waals surface area (Å²) in [5.74, 6) is 0.386. The highest BCUT2D eigenvalue weighted by molar-refractivity contribution is 7.99. The molecular formula is C19H26N4O3S. The fraction of sp³-hybridized carbons (Fsp3) is 0.526. The first kappa shape index (κ1) is 19.7. The number of nitrogens with one attached hydrogen (secondary N) is 2. The number of amides is 1. The van der Waals surface area contributed by atoms with Gasteiger partial charge in [-0.15, -0.1) is 5.10 Å². The number of thioether (sulfide) groups is 1. The normalized spacial score (nSPS) is 18.0. The molecule has 8 heteroatoms. The fourth-order valence-corrected chi connectivity index (χ4v) is 3.97.